The first-order chi connectivity index (χ1) is 21.2. The molecule has 0 heterocycles. The van der Waals surface area contributed by atoms with E-state index in [0.717, 1.165) is 32.1 Å². The molecular formula is C32H64N2O9. The van der Waals surface area contributed by atoms with Gasteiger partial charge in [-0.2, -0.15) is 0 Å². The van der Waals surface area contributed by atoms with E-state index in [-0.39, 0.29) is 5.91 Å². The fraction of sp³-hybridized carbons (Fsp3) is 0.938. The Morgan fingerprint density at radius 2 is 0.744 bits per heavy atom. The Morgan fingerprint density at radius 1 is 0.442 bits per heavy atom. The molecule has 256 valence electrons. The second-order valence-electron chi connectivity index (χ2n) is 10.7. The van der Waals surface area contributed by atoms with Crippen LogP contribution in [-0.2, 0) is 38.0 Å². The smallest absolute Gasteiger partial charge is 0.303 e. The maximum Gasteiger partial charge on any atom is 0.303 e. The van der Waals surface area contributed by atoms with Crippen LogP contribution in [0.1, 0.15) is 103 Å². The molecule has 0 saturated heterocycles. The topological polar surface area (TPSA) is 148 Å². The number of nitrogens with one attached hydrogen (secondary N) is 1. The van der Waals surface area contributed by atoms with Crippen molar-refractivity contribution >= 4 is 11.9 Å². The molecule has 43 heavy (non-hydrogen) atoms. The van der Waals surface area contributed by atoms with E-state index in [9.17, 15) is 9.59 Å². The van der Waals surface area contributed by atoms with E-state index in [0.29, 0.717) is 105 Å². The normalized spacial score (nSPS) is 11.3. The number of carbonyl (C=O) groups excluding carboxylic acids is 1. The van der Waals surface area contributed by atoms with Crippen LogP contribution < -0.4 is 11.1 Å². The second-order valence-corrected chi connectivity index (χ2v) is 10.7. The molecule has 1 amide bonds. The predicted molar refractivity (Wildman–Crippen MR) is 168 cm³/mol. The van der Waals surface area contributed by atoms with Crippen molar-refractivity contribution in [3.63, 3.8) is 0 Å². The molecule has 0 rings (SSSR count). The summed E-state index contributed by atoms with van der Waals surface area (Å²) in [5.41, 5.74) is 5.33. The average Bonchev–Trinajstić information content (AvgIpc) is 2.99. The molecular weight excluding hydrogens is 556 g/mol. The number of hydrogen-bond acceptors (Lipinski definition) is 9. The summed E-state index contributed by atoms with van der Waals surface area (Å²) in [6.45, 7) is 7.29. The van der Waals surface area contributed by atoms with Gasteiger partial charge in [0.2, 0.25) is 5.91 Å². The van der Waals surface area contributed by atoms with Gasteiger partial charge in [0.25, 0.3) is 0 Å². The minimum atomic E-state index is -0.681. The molecule has 0 aliphatic heterocycles. The third kappa shape index (κ3) is 38.6. The fourth-order valence-electron chi connectivity index (χ4n) is 4.32. The van der Waals surface area contributed by atoms with Crippen molar-refractivity contribution in [3.05, 3.63) is 0 Å². The third-order valence-electron chi connectivity index (χ3n) is 6.74. The summed E-state index contributed by atoms with van der Waals surface area (Å²) < 4.78 is 32.4. The molecule has 11 heteroatoms. The molecule has 11 nitrogen and oxygen atoms in total. The van der Waals surface area contributed by atoms with E-state index in [2.05, 4.69) is 5.32 Å². The molecule has 0 aliphatic rings. The zero-order valence-corrected chi connectivity index (χ0v) is 27.0. The Balaban J connectivity index is 3.15. The van der Waals surface area contributed by atoms with Gasteiger partial charge in [-0.3, -0.25) is 9.59 Å². The quantitative estimate of drug-likeness (QED) is 0.0849. The highest BCUT2D eigenvalue weighted by Gasteiger charge is 2.01. The number of aliphatic carboxylic acids is 1. The van der Waals surface area contributed by atoms with Crippen molar-refractivity contribution < 1.29 is 43.1 Å². The lowest BCUT2D eigenvalue weighted by molar-refractivity contribution is -0.137. The number of hydrogen-bond donors (Lipinski definition) is 3. The van der Waals surface area contributed by atoms with Gasteiger partial charge in [0.05, 0.1) is 79.3 Å². The van der Waals surface area contributed by atoms with E-state index in [1.54, 1.807) is 0 Å². The number of carboxylic acids is 1. The van der Waals surface area contributed by atoms with Gasteiger partial charge < -0.3 is 44.6 Å². The van der Waals surface area contributed by atoms with Gasteiger partial charge in [-0.1, -0.05) is 77.0 Å². The van der Waals surface area contributed by atoms with E-state index < -0.39 is 5.97 Å². The molecule has 0 atom stereocenters. The summed E-state index contributed by atoms with van der Waals surface area (Å²) >= 11 is 0. The number of ether oxygens (including phenoxy) is 6. The summed E-state index contributed by atoms with van der Waals surface area (Å²) in [6.07, 6.45) is 17.4. The highest BCUT2D eigenvalue weighted by Crippen LogP contribution is 2.13. The molecule has 0 bridgehead atoms. The highest BCUT2D eigenvalue weighted by atomic mass is 16.6. The summed E-state index contributed by atoms with van der Waals surface area (Å²) in [6, 6.07) is 0. The van der Waals surface area contributed by atoms with Crippen LogP contribution in [0.25, 0.3) is 0 Å². The number of carboxylic acid groups (broad SMARTS) is 1. The largest absolute Gasteiger partial charge is 0.481 e. The highest BCUT2D eigenvalue weighted by molar-refractivity contribution is 5.75. The number of unbranched alkanes of at least 4 members (excludes halogenated alkanes) is 13. The Labute approximate surface area is 261 Å². The van der Waals surface area contributed by atoms with E-state index in [1.807, 2.05) is 0 Å². The molecule has 0 aliphatic carbocycles. The SMILES string of the molecule is NCCOCCOCCOCCOCCOCCOCCNC(=O)CCCCCCCCCCCCCCCCC(=O)O. The van der Waals surface area contributed by atoms with Gasteiger partial charge in [-0.05, 0) is 12.8 Å². The van der Waals surface area contributed by atoms with Crippen LogP contribution in [0.5, 0.6) is 0 Å². The first kappa shape index (κ1) is 41.7. The summed E-state index contributed by atoms with van der Waals surface area (Å²) in [5.74, 6) is -0.581. The predicted octanol–water partition coefficient (Wildman–Crippen LogP) is 4.49. The van der Waals surface area contributed by atoms with Crippen molar-refractivity contribution in [1.29, 1.82) is 0 Å². The zero-order chi connectivity index (χ0) is 31.3. The fourth-order valence-corrected chi connectivity index (χ4v) is 4.32. The Bertz CT molecular complexity index is 585. The maximum atomic E-state index is 11.9. The third-order valence-corrected chi connectivity index (χ3v) is 6.74. The lowest BCUT2D eigenvalue weighted by atomic mass is 10.0. The summed E-state index contributed by atoms with van der Waals surface area (Å²) in [4.78, 5) is 22.4. The minimum absolute atomic E-state index is 0.100. The Hall–Kier alpha value is -1.34. The van der Waals surface area contributed by atoms with Crippen LogP contribution in [0.15, 0.2) is 0 Å². The van der Waals surface area contributed by atoms with Crippen LogP contribution in [0.2, 0.25) is 0 Å². The van der Waals surface area contributed by atoms with E-state index >= 15 is 0 Å². The van der Waals surface area contributed by atoms with Gasteiger partial charge in [0.1, 0.15) is 0 Å². The monoisotopic (exact) mass is 620 g/mol. The van der Waals surface area contributed by atoms with E-state index in [1.165, 1.54) is 57.8 Å². The van der Waals surface area contributed by atoms with Crippen molar-refractivity contribution in [2.75, 3.05) is 92.4 Å². The van der Waals surface area contributed by atoms with Crippen molar-refractivity contribution in [2.45, 2.75) is 103 Å². The Kier molecular flexibility index (Phi) is 35.7. The number of carbonyl (C=O) groups is 2. The molecule has 0 unspecified atom stereocenters. The number of rotatable bonds is 37. The maximum absolute atomic E-state index is 11.9. The number of nitrogens with two attached hydrogens (primary N) is 1. The molecule has 0 saturated carbocycles. The summed E-state index contributed by atoms with van der Waals surface area (Å²) in [5, 5.41) is 11.5. The lowest BCUT2D eigenvalue weighted by Gasteiger charge is -2.08. The van der Waals surface area contributed by atoms with Crippen molar-refractivity contribution in [1.82, 2.24) is 5.32 Å². The second kappa shape index (κ2) is 36.8. The average molecular weight is 621 g/mol. The zero-order valence-electron chi connectivity index (χ0n) is 27.0. The molecule has 0 aromatic carbocycles. The van der Waals surface area contributed by atoms with Gasteiger partial charge in [-0.25, -0.2) is 0 Å². The Morgan fingerprint density at radius 3 is 1.09 bits per heavy atom. The molecule has 0 aromatic heterocycles. The standard InChI is InChI=1S/C32H64N2O9/c33-17-19-38-21-23-40-25-27-42-29-30-43-28-26-41-24-22-39-20-18-34-31(35)15-13-11-9-7-5-3-1-2-4-6-8-10-12-14-16-32(36)37/h1-30,33H2,(H,34,35)(H,36,37). The number of amides is 1. The van der Waals surface area contributed by atoms with Crippen LogP contribution in [-0.4, -0.2) is 109 Å². The molecule has 0 spiro atoms. The van der Waals surface area contributed by atoms with Crippen LogP contribution >= 0.6 is 0 Å². The van der Waals surface area contributed by atoms with Crippen LogP contribution in [0.3, 0.4) is 0 Å². The van der Waals surface area contributed by atoms with Crippen molar-refractivity contribution in [2.24, 2.45) is 5.73 Å². The van der Waals surface area contributed by atoms with Gasteiger partial charge in [0.15, 0.2) is 0 Å². The first-order valence-corrected chi connectivity index (χ1v) is 16.8. The first-order valence-electron chi connectivity index (χ1n) is 16.8. The van der Waals surface area contributed by atoms with Gasteiger partial charge in [0, 0.05) is 25.9 Å². The molecule has 0 radical (unpaired) electrons. The van der Waals surface area contributed by atoms with E-state index in [4.69, 9.17) is 39.3 Å². The van der Waals surface area contributed by atoms with Gasteiger partial charge in [-0.15, -0.1) is 0 Å². The lowest BCUT2D eigenvalue weighted by Crippen LogP contribution is -2.27. The van der Waals surface area contributed by atoms with Crippen LogP contribution in [0.4, 0.5) is 0 Å². The van der Waals surface area contributed by atoms with Crippen molar-refractivity contribution in [3.8, 4) is 0 Å². The molecule has 4 N–H and O–H groups in total. The minimum Gasteiger partial charge on any atom is -0.481 e. The van der Waals surface area contributed by atoms with Gasteiger partial charge >= 0.3 is 5.97 Å². The molecule has 0 fully saturated rings. The van der Waals surface area contributed by atoms with Crippen LogP contribution in [0, 0.1) is 0 Å². The summed E-state index contributed by atoms with van der Waals surface area (Å²) in [7, 11) is 0. The molecule has 0 aromatic rings.